The van der Waals surface area contributed by atoms with Crippen molar-refractivity contribution >= 4 is 51.5 Å². The third kappa shape index (κ3) is 4.52. The highest BCUT2D eigenvalue weighted by Gasteiger charge is 2.36. The molecule has 0 saturated carbocycles. The standard InChI is InChI=1S/C20H15BrN2O6/c1-11(19(26)27)29-15-7-5-12(6-8-15)9-16-17(24)22-20(28)23(18(16)25)14-4-2-3-13(21)10-14/h2-11H,1H3,(H,26,27)(H,22,24,28)/p-1/b16-9+/t11-/m1/s1. The number of anilines is 1. The fourth-order valence-corrected chi connectivity index (χ4v) is 2.96. The molecule has 9 heteroatoms. The Morgan fingerprint density at radius 3 is 2.48 bits per heavy atom. The van der Waals surface area contributed by atoms with Gasteiger partial charge in [0.1, 0.15) is 17.4 Å². The number of nitrogens with zero attached hydrogens (tertiary/aromatic N) is 1. The van der Waals surface area contributed by atoms with E-state index in [1.165, 1.54) is 25.1 Å². The number of barbiturate groups is 1. The molecule has 2 aromatic rings. The van der Waals surface area contributed by atoms with Crippen molar-refractivity contribution in [3.63, 3.8) is 0 Å². The van der Waals surface area contributed by atoms with Crippen molar-refractivity contribution in [2.24, 2.45) is 0 Å². The van der Waals surface area contributed by atoms with Gasteiger partial charge >= 0.3 is 6.03 Å². The van der Waals surface area contributed by atoms with Crippen molar-refractivity contribution in [2.45, 2.75) is 13.0 Å². The Bertz CT molecular complexity index is 1030. The van der Waals surface area contributed by atoms with Gasteiger partial charge in [0.2, 0.25) is 0 Å². The summed E-state index contributed by atoms with van der Waals surface area (Å²) < 4.78 is 5.84. The molecule has 1 N–H and O–H groups in total. The summed E-state index contributed by atoms with van der Waals surface area (Å²) in [6.45, 7) is 1.34. The third-order valence-corrected chi connectivity index (χ3v) is 4.50. The average Bonchev–Trinajstić information content (AvgIpc) is 2.66. The number of nitrogens with one attached hydrogen (secondary N) is 1. The van der Waals surface area contributed by atoms with Crippen molar-refractivity contribution in [3.05, 3.63) is 64.1 Å². The largest absolute Gasteiger partial charge is 0.546 e. The predicted molar refractivity (Wildman–Crippen MR) is 105 cm³/mol. The van der Waals surface area contributed by atoms with Gasteiger partial charge in [0.05, 0.1) is 11.7 Å². The van der Waals surface area contributed by atoms with Gasteiger partial charge < -0.3 is 14.6 Å². The number of carboxylic acids is 1. The molecule has 0 bridgehead atoms. The molecule has 3 rings (SSSR count). The van der Waals surface area contributed by atoms with Crippen LogP contribution in [-0.4, -0.2) is 29.9 Å². The van der Waals surface area contributed by atoms with E-state index in [9.17, 15) is 24.3 Å². The van der Waals surface area contributed by atoms with Gasteiger partial charge in [-0.15, -0.1) is 0 Å². The second kappa shape index (κ2) is 8.27. The van der Waals surface area contributed by atoms with E-state index in [2.05, 4.69) is 21.2 Å². The van der Waals surface area contributed by atoms with Gasteiger partial charge in [-0.2, -0.15) is 0 Å². The Labute approximate surface area is 173 Å². The molecule has 1 atom stereocenters. The van der Waals surface area contributed by atoms with Crippen molar-refractivity contribution in [1.82, 2.24) is 5.32 Å². The van der Waals surface area contributed by atoms with Crippen LogP contribution in [0.2, 0.25) is 0 Å². The predicted octanol–water partition coefficient (Wildman–Crippen LogP) is 1.63. The summed E-state index contributed by atoms with van der Waals surface area (Å²) in [5.74, 6) is -2.63. The number of aliphatic carboxylic acids is 1. The van der Waals surface area contributed by atoms with E-state index in [0.717, 1.165) is 4.90 Å². The van der Waals surface area contributed by atoms with Crippen molar-refractivity contribution in [2.75, 3.05) is 4.90 Å². The zero-order valence-electron chi connectivity index (χ0n) is 15.0. The number of imide groups is 2. The fourth-order valence-electron chi connectivity index (χ4n) is 2.57. The second-order valence-corrected chi connectivity index (χ2v) is 7.00. The normalized spacial score (nSPS) is 16.6. The molecule has 0 unspecified atom stereocenters. The number of carbonyl (C=O) groups excluding carboxylic acids is 4. The quantitative estimate of drug-likeness (QED) is 0.538. The second-order valence-electron chi connectivity index (χ2n) is 6.09. The monoisotopic (exact) mass is 457 g/mol. The number of amides is 4. The average molecular weight is 458 g/mol. The fraction of sp³-hybridized carbons (Fsp3) is 0.100. The first kappa shape index (κ1) is 20.3. The minimum atomic E-state index is -1.35. The van der Waals surface area contributed by atoms with Crippen LogP contribution in [0.4, 0.5) is 10.5 Å². The van der Waals surface area contributed by atoms with E-state index in [-0.39, 0.29) is 11.3 Å². The Morgan fingerprint density at radius 2 is 1.86 bits per heavy atom. The third-order valence-electron chi connectivity index (χ3n) is 4.00. The highest BCUT2D eigenvalue weighted by Crippen LogP contribution is 2.25. The lowest BCUT2D eigenvalue weighted by atomic mass is 10.1. The number of halogens is 1. The molecule has 0 aromatic heterocycles. The number of rotatable bonds is 5. The maximum Gasteiger partial charge on any atom is 0.335 e. The van der Waals surface area contributed by atoms with Crippen molar-refractivity contribution in [1.29, 1.82) is 0 Å². The van der Waals surface area contributed by atoms with Crippen LogP contribution in [0.15, 0.2) is 58.6 Å². The molecule has 1 aliphatic rings. The first-order chi connectivity index (χ1) is 13.8. The molecule has 1 fully saturated rings. The smallest absolute Gasteiger partial charge is 0.335 e. The SMILES string of the molecule is C[C@@H](Oc1ccc(/C=C2\C(=O)NC(=O)N(c3cccc(Br)c3)C2=O)cc1)C(=O)[O-]. The number of benzene rings is 2. The lowest BCUT2D eigenvalue weighted by Gasteiger charge is -2.26. The number of urea groups is 1. The molecule has 8 nitrogen and oxygen atoms in total. The van der Waals surface area contributed by atoms with E-state index in [1.54, 1.807) is 36.4 Å². The maximum atomic E-state index is 12.8. The summed E-state index contributed by atoms with van der Waals surface area (Å²) in [4.78, 5) is 48.8. The van der Waals surface area contributed by atoms with Crippen LogP contribution in [-0.2, 0) is 14.4 Å². The summed E-state index contributed by atoms with van der Waals surface area (Å²) in [7, 11) is 0. The highest BCUT2D eigenvalue weighted by atomic mass is 79.9. The lowest BCUT2D eigenvalue weighted by Crippen LogP contribution is -2.54. The number of carboxylic acid groups (broad SMARTS) is 1. The number of ether oxygens (including phenoxy) is 1. The minimum Gasteiger partial charge on any atom is -0.546 e. The molecule has 0 aliphatic carbocycles. The molecule has 0 spiro atoms. The van der Waals surface area contributed by atoms with Crippen molar-refractivity contribution < 1.29 is 29.0 Å². The first-order valence-electron chi connectivity index (χ1n) is 8.41. The number of hydrogen-bond acceptors (Lipinski definition) is 6. The van der Waals surface area contributed by atoms with Gasteiger partial charge in [-0.3, -0.25) is 14.9 Å². The number of carbonyl (C=O) groups is 4. The Morgan fingerprint density at radius 1 is 1.17 bits per heavy atom. The topological polar surface area (TPSA) is 116 Å². The molecule has 1 aliphatic heterocycles. The van der Waals surface area contributed by atoms with E-state index in [1.807, 2.05) is 0 Å². The van der Waals surface area contributed by atoms with Crippen LogP contribution in [0.5, 0.6) is 5.75 Å². The highest BCUT2D eigenvalue weighted by molar-refractivity contribution is 9.10. The molecule has 29 heavy (non-hydrogen) atoms. The summed E-state index contributed by atoms with van der Waals surface area (Å²) >= 11 is 3.28. The van der Waals surface area contributed by atoms with Crippen LogP contribution in [0.3, 0.4) is 0 Å². The van der Waals surface area contributed by atoms with Crippen LogP contribution in [0.25, 0.3) is 6.08 Å². The summed E-state index contributed by atoms with van der Waals surface area (Å²) in [5, 5.41) is 12.9. The van der Waals surface area contributed by atoms with Crippen LogP contribution < -0.4 is 20.1 Å². The molecule has 2 aromatic carbocycles. The summed E-state index contributed by atoms with van der Waals surface area (Å²) in [6, 6.07) is 11.8. The molecule has 148 valence electrons. The summed E-state index contributed by atoms with van der Waals surface area (Å²) in [5.41, 5.74) is 0.571. The van der Waals surface area contributed by atoms with Gasteiger partial charge in [-0.05, 0) is 48.9 Å². The zero-order chi connectivity index (χ0) is 21.1. The van der Waals surface area contributed by atoms with E-state index < -0.39 is 29.9 Å². The Balaban J connectivity index is 1.87. The molecule has 1 saturated heterocycles. The number of hydrogen-bond donors (Lipinski definition) is 1. The lowest BCUT2D eigenvalue weighted by molar-refractivity contribution is -0.312. The first-order valence-corrected chi connectivity index (χ1v) is 9.20. The van der Waals surface area contributed by atoms with Crippen LogP contribution in [0.1, 0.15) is 12.5 Å². The van der Waals surface area contributed by atoms with Crippen LogP contribution in [0, 0.1) is 0 Å². The van der Waals surface area contributed by atoms with E-state index in [0.29, 0.717) is 15.7 Å². The molecular formula is C20H14BrN2O6-. The van der Waals surface area contributed by atoms with Gasteiger partial charge in [0.25, 0.3) is 11.8 Å². The zero-order valence-corrected chi connectivity index (χ0v) is 16.6. The van der Waals surface area contributed by atoms with Gasteiger partial charge in [-0.1, -0.05) is 34.1 Å². The Hall–Kier alpha value is -3.46. The maximum absolute atomic E-state index is 12.8. The van der Waals surface area contributed by atoms with Gasteiger partial charge in [0, 0.05) is 4.47 Å². The molecule has 4 amide bonds. The molecular weight excluding hydrogens is 444 g/mol. The van der Waals surface area contributed by atoms with Crippen molar-refractivity contribution in [3.8, 4) is 5.75 Å². The molecule has 1 heterocycles. The van der Waals surface area contributed by atoms with E-state index >= 15 is 0 Å². The van der Waals surface area contributed by atoms with E-state index in [4.69, 9.17) is 4.74 Å². The van der Waals surface area contributed by atoms with Gasteiger partial charge in [0.15, 0.2) is 0 Å². The van der Waals surface area contributed by atoms with Gasteiger partial charge in [-0.25, -0.2) is 9.69 Å². The van der Waals surface area contributed by atoms with Crippen LogP contribution >= 0.6 is 15.9 Å². The minimum absolute atomic E-state index is 0.221. The summed E-state index contributed by atoms with van der Waals surface area (Å²) in [6.07, 6.45) is 0.204. The molecule has 0 radical (unpaired) electrons. The Kier molecular flexibility index (Phi) is 5.79.